The van der Waals surface area contributed by atoms with Gasteiger partial charge in [0.15, 0.2) is 0 Å². The second-order valence-electron chi connectivity index (χ2n) is 7.24. The number of hydrogen-bond acceptors (Lipinski definition) is 4. The maximum atomic E-state index is 11.1. The van der Waals surface area contributed by atoms with Gasteiger partial charge in [0, 0.05) is 25.5 Å². The van der Waals surface area contributed by atoms with Gasteiger partial charge < -0.3 is 20.3 Å². The van der Waals surface area contributed by atoms with Crippen molar-refractivity contribution in [2.45, 2.75) is 25.8 Å². The van der Waals surface area contributed by atoms with Crippen LogP contribution in [-0.2, 0) is 0 Å². The van der Waals surface area contributed by atoms with Crippen LogP contribution in [0.2, 0.25) is 0 Å². The van der Waals surface area contributed by atoms with Crippen LogP contribution in [0.1, 0.15) is 18.9 Å². The smallest absolute Gasteiger partial charge is 0.405 e. The van der Waals surface area contributed by atoms with Crippen molar-refractivity contribution in [3.8, 4) is 11.4 Å². The Morgan fingerprint density at radius 1 is 1.41 bits per heavy atom. The number of imidazole rings is 1. The summed E-state index contributed by atoms with van der Waals surface area (Å²) in [5, 5.41) is 11.8. The molecule has 0 aliphatic carbocycles. The Balaban J connectivity index is 1.77. The van der Waals surface area contributed by atoms with Crippen molar-refractivity contribution in [3.63, 3.8) is 0 Å². The second kappa shape index (κ2) is 6.53. The van der Waals surface area contributed by atoms with Crippen molar-refractivity contribution >= 4 is 38.7 Å². The van der Waals surface area contributed by atoms with E-state index in [2.05, 4.69) is 36.1 Å². The quantitative estimate of drug-likeness (QED) is 0.586. The Morgan fingerprint density at radius 3 is 2.96 bits per heavy atom. The van der Waals surface area contributed by atoms with Crippen LogP contribution in [0.4, 0.5) is 10.5 Å². The number of aromatic amines is 1. The molecule has 1 amide bonds. The second-order valence-corrected chi connectivity index (χ2v) is 8.09. The topological polar surface area (TPSA) is 94.1 Å². The number of aryl methyl sites for hydroxylation is 1. The number of halogens is 1. The number of carboxylic acid groups (broad SMARTS) is 1. The van der Waals surface area contributed by atoms with Crippen molar-refractivity contribution in [1.29, 1.82) is 0 Å². The number of benzene rings is 1. The number of hydrogen-bond donors (Lipinski definition) is 3. The SMILES string of the molecule is Cc1cccc2[nH]c(-c3cncc(Br)c3N3CCC(C)(NC(=O)O)C3)nc12. The number of anilines is 1. The summed E-state index contributed by atoms with van der Waals surface area (Å²) in [6, 6.07) is 6.05. The summed E-state index contributed by atoms with van der Waals surface area (Å²) in [5.41, 5.74) is 4.40. The van der Waals surface area contributed by atoms with E-state index in [1.165, 1.54) is 0 Å². The van der Waals surface area contributed by atoms with Gasteiger partial charge in [0.2, 0.25) is 0 Å². The Bertz CT molecular complexity index is 1030. The highest BCUT2D eigenvalue weighted by atomic mass is 79.9. The molecule has 0 bridgehead atoms. The fourth-order valence-electron chi connectivity index (χ4n) is 3.74. The molecule has 140 valence electrons. The standard InChI is InChI=1S/C19H20BrN5O2/c1-11-4-3-5-14-15(11)23-17(22-14)12-8-21-9-13(20)16(12)25-7-6-19(2,10-25)24-18(26)27/h3-5,8-9,24H,6-7,10H2,1-2H3,(H,22,23)(H,26,27). The highest BCUT2D eigenvalue weighted by Gasteiger charge is 2.37. The van der Waals surface area contributed by atoms with Gasteiger partial charge in [-0.2, -0.15) is 0 Å². The minimum absolute atomic E-state index is 0.490. The van der Waals surface area contributed by atoms with Crippen LogP contribution in [0.5, 0.6) is 0 Å². The fourth-order valence-corrected chi connectivity index (χ4v) is 4.32. The Hall–Kier alpha value is -2.61. The van der Waals surface area contributed by atoms with E-state index >= 15 is 0 Å². The van der Waals surface area contributed by atoms with Crippen LogP contribution < -0.4 is 10.2 Å². The number of amides is 1. The molecule has 1 saturated heterocycles. The maximum Gasteiger partial charge on any atom is 0.405 e. The minimum Gasteiger partial charge on any atom is -0.465 e. The molecule has 1 atom stereocenters. The highest BCUT2D eigenvalue weighted by molar-refractivity contribution is 9.10. The molecule has 1 aromatic carbocycles. The van der Waals surface area contributed by atoms with Crippen molar-refractivity contribution < 1.29 is 9.90 Å². The highest BCUT2D eigenvalue weighted by Crippen LogP contribution is 2.39. The van der Waals surface area contributed by atoms with Crippen LogP contribution in [0.25, 0.3) is 22.4 Å². The summed E-state index contributed by atoms with van der Waals surface area (Å²) in [6.45, 7) is 5.29. The first-order valence-corrected chi connectivity index (χ1v) is 9.51. The zero-order chi connectivity index (χ0) is 19.2. The number of carbonyl (C=O) groups is 1. The molecule has 1 aliphatic rings. The van der Waals surface area contributed by atoms with E-state index in [0.717, 1.165) is 51.1 Å². The molecule has 2 aromatic heterocycles. The number of para-hydroxylation sites is 1. The Kier molecular flexibility index (Phi) is 4.30. The van der Waals surface area contributed by atoms with Gasteiger partial charge in [0.05, 0.1) is 32.3 Å². The monoisotopic (exact) mass is 429 g/mol. The summed E-state index contributed by atoms with van der Waals surface area (Å²) in [6.07, 6.45) is 3.29. The first-order valence-electron chi connectivity index (χ1n) is 8.71. The Morgan fingerprint density at radius 2 is 2.22 bits per heavy atom. The Labute approximate surface area is 165 Å². The molecular weight excluding hydrogens is 410 g/mol. The zero-order valence-electron chi connectivity index (χ0n) is 15.1. The van der Waals surface area contributed by atoms with Crippen LogP contribution >= 0.6 is 15.9 Å². The average Bonchev–Trinajstić information content (AvgIpc) is 3.19. The molecule has 7 nitrogen and oxygen atoms in total. The van der Waals surface area contributed by atoms with Gasteiger partial charge in [0.1, 0.15) is 5.82 Å². The number of aromatic nitrogens is 3. The van der Waals surface area contributed by atoms with Crippen LogP contribution in [-0.4, -0.2) is 44.8 Å². The van der Waals surface area contributed by atoms with Gasteiger partial charge in [-0.3, -0.25) is 4.98 Å². The lowest BCUT2D eigenvalue weighted by Gasteiger charge is -2.27. The van der Waals surface area contributed by atoms with E-state index in [-0.39, 0.29) is 0 Å². The van der Waals surface area contributed by atoms with Gasteiger partial charge in [-0.15, -0.1) is 0 Å². The first kappa shape index (κ1) is 17.8. The molecule has 0 radical (unpaired) electrons. The van der Waals surface area contributed by atoms with E-state index < -0.39 is 11.6 Å². The van der Waals surface area contributed by atoms with E-state index in [4.69, 9.17) is 10.1 Å². The largest absolute Gasteiger partial charge is 0.465 e. The van der Waals surface area contributed by atoms with Crippen molar-refractivity contribution in [2.24, 2.45) is 0 Å². The normalized spacial score (nSPS) is 19.6. The number of H-pyrrole nitrogens is 1. The van der Waals surface area contributed by atoms with Gasteiger partial charge in [-0.1, -0.05) is 12.1 Å². The number of nitrogens with zero attached hydrogens (tertiary/aromatic N) is 3. The van der Waals surface area contributed by atoms with Gasteiger partial charge in [-0.25, -0.2) is 9.78 Å². The molecule has 8 heteroatoms. The lowest BCUT2D eigenvalue weighted by Crippen LogP contribution is -2.47. The number of fused-ring (bicyclic) bond motifs is 1. The molecule has 4 rings (SSSR count). The molecule has 1 aliphatic heterocycles. The fraction of sp³-hybridized carbons (Fsp3) is 0.316. The summed E-state index contributed by atoms with van der Waals surface area (Å²) >= 11 is 3.62. The van der Waals surface area contributed by atoms with E-state index in [9.17, 15) is 4.79 Å². The van der Waals surface area contributed by atoms with E-state index in [1.807, 2.05) is 32.0 Å². The third-order valence-electron chi connectivity index (χ3n) is 5.04. The third kappa shape index (κ3) is 3.25. The molecule has 1 fully saturated rings. The first-order chi connectivity index (χ1) is 12.9. The van der Waals surface area contributed by atoms with Crippen molar-refractivity contribution in [2.75, 3.05) is 18.0 Å². The lowest BCUT2D eigenvalue weighted by molar-refractivity contribution is 0.182. The predicted molar refractivity (Wildman–Crippen MR) is 108 cm³/mol. The molecule has 0 spiro atoms. The zero-order valence-corrected chi connectivity index (χ0v) is 16.7. The number of pyridine rings is 1. The molecule has 3 N–H and O–H groups in total. The van der Waals surface area contributed by atoms with Crippen molar-refractivity contribution in [3.05, 3.63) is 40.6 Å². The van der Waals surface area contributed by atoms with Gasteiger partial charge >= 0.3 is 6.09 Å². The average molecular weight is 430 g/mol. The molecule has 1 unspecified atom stereocenters. The number of rotatable bonds is 3. The molecule has 3 aromatic rings. The third-order valence-corrected chi connectivity index (χ3v) is 5.62. The number of nitrogens with one attached hydrogen (secondary N) is 2. The molecule has 3 heterocycles. The summed E-state index contributed by atoms with van der Waals surface area (Å²) in [5.74, 6) is 0.753. The van der Waals surface area contributed by atoms with E-state index in [1.54, 1.807) is 12.4 Å². The molecular formula is C19H20BrN5O2. The predicted octanol–water partition coefficient (Wildman–Crippen LogP) is 3.93. The molecule has 27 heavy (non-hydrogen) atoms. The van der Waals surface area contributed by atoms with Crippen molar-refractivity contribution in [1.82, 2.24) is 20.3 Å². The summed E-state index contributed by atoms with van der Waals surface area (Å²) in [7, 11) is 0. The van der Waals surface area contributed by atoms with Crippen LogP contribution in [0.3, 0.4) is 0 Å². The van der Waals surface area contributed by atoms with Crippen LogP contribution in [0.15, 0.2) is 35.1 Å². The maximum absolute atomic E-state index is 11.1. The summed E-state index contributed by atoms with van der Waals surface area (Å²) < 4.78 is 0.858. The summed E-state index contributed by atoms with van der Waals surface area (Å²) in [4.78, 5) is 25.8. The van der Waals surface area contributed by atoms with Gasteiger partial charge in [-0.05, 0) is 47.8 Å². The van der Waals surface area contributed by atoms with E-state index in [0.29, 0.717) is 6.54 Å². The molecule has 0 saturated carbocycles. The lowest BCUT2D eigenvalue weighted by atomic mass is 10.0. The van der Waals surface area contributed by atoms with Crippen LogP contribution in [0, 0.1) is 6.92 Å². The van der Waals surface area contributed by atoms with Gasteiger partial charge in [0.25, 0.3) is 0 Å². The minimum atomic E-state index is -0.999.